The van der Waals surface area contributed by atoms with E-state index in [1.165, 1.54) is 5.57 Å². The Bertz CT molecular complexity index is 215. The summed E-state index contributed by atoms with van der Waals surface area (Å²) in [7, 11) is 0. The molecule has 3 heteroatoms. The Hall–Kier alpha value is -1.35. The van der Waals surface area contributed by atoms with E-state index in [4.69, 9.17) is 15.0 Å². The van der Waals surface area contributed by atoms with E-state index in [9.17, 15) is 0 Å². The van der Waals surface area contributed by atoms with Crippen LogP contribution in [0.3, 0.4) is 0 Å². The van der Waals surface area contributed by atoms with E-state index >= 15 is 0 Å². The zero-order valence-electron chi connectivity index (χ0n) is 8.73. The van der Waals surface area contributed by atoms with E-state index in [0.29, 0.717) is 0 Å². The number of rotatable bonds is 4. The number of aliphatic hydroxyl groups excluding tert-OH is 1. The van der Waals surface area contributed by atoms with Crippen LogP contribution in [0.1, 0.15) is 20.3 Å². The van der Waals surface area contributed by atoms with Crippen molar-refractivity contribution < 1.29 is 15.0 Å². The third-order valence-corrected chi connectivity index (χ3v) is 1.48. The number of hydrogen-bond acceptors (Lipinski definition) is 2. The Balaban J connectivity index is 0. The maximum Gasteiger partial charge on any atom is 0.290 e. The van der Waals surface area contributed by atoms with Crippen LogP contribution in [0.25, 0.3) is 0 Å². The van der Waals surface area contributed by atoms with Gasteiger partial charge in [-0.1, -0.05) is 36.0 Å². The van der Waals surface area contributed by atoms with Gasteiger partial charge in [-0.25, -0.2) is 0 Å². The molecule has 3 nitrogen and oxygen atoms in total. The monoisotopic (exact) mass is 198 g/mol. The van der Waals surface area contributed by atoms with Crippen molar-refractivity contribution in [3.8, 4) is 0 Å². The SMILES string of the molecule is C=CC(C)=CCC=C(C)CO.O=CO. The number of aliphatic hydroxyl groups is 1. The lowest BCUT2D eigenvalue weighted by atomic mass is 10.2. The van der Waals surface area contributed by atoms with Crippen LogP contribution in [0.2, 0.25) is 0 Å². The van der Waals surface area contributed by atoms with E-state index in [1.807, 2.05) is 26.0 Å². The largest absolute Gasteiger partial charge is 0.483 e. The molecule has 14 heavy (non-hydrogen) atoms. The first-order chi connectivity index (χ1) is 6.62. The number of allylic oxidation sites excluding steroid dienone is 4. The molecule has 0 heterocycles. The maximum atomic E-state index is 8.65. The normalized spacial score (nSPS) is 11.4. The van der Waals surface area contributed by atoms with Gasteiger partial charge in [0.15, 0.2) is 0 Å². The van der Waals surface area contributed by atoms with Crippen LogP contribution in [0.5, 0.6) is 0 Å². The molecule has 0 aromatic heterocycles. The van der Waals surface area contributed by atoms with Crippen LogP contribution < -0.4 is 0 Å². The molecule has 0 aliphatic carbocycles. The minimum atomic E-state index is -0.250. The standard InChI is InChI=1S/C10H16O.CH2O2/c1-4-9(2)6-5-7-10(3)8-11;2-1-3/h4,6-7,11H,1,5,8H2,2-3H3;1H,(H,2,3). The average Bonchev–Trinajstić information content (AvgIpc) is 2.18. The fourth-order valence-electron chi connectivity index (χ4n) is 0.594. The summed E-state index contributed by atoms with van der Waals surface area (Å²) in [6.45, 7) is 7.47. The highest BCUT2D eigenvalue weighted by molar-refractivity contribution is 5.32. The molecule has 0 amide bonds. The van der Waals surface area contributed by atoms with Crippen molar-refractivity contribution >= 4 is 6.47 Å². The summed E-state index contributed by atoms with van der Waals surface area (Å²) in [5.41, 5.74) is 2.19. The maximum absolute atomic E-state index is 8.65. The molecular weight excluding hydrogens is 180 g/mol. The second-order valence-corrected chi connectivity index (χ2v) is 2.70. The highest BCUT2D eigenvalue weighted by Crippen LogP contribution is 1.99. The first kappa shape index (κ1) is 15.1. The zero-order chi connectivity index (χ0) is 11.4. The predicted octanol–water partition coefficient (Wildman–Crippen LogP) is 2.15. The van der Waals surface area contributed by atoms with Crippen LogP contribution in [0.4, 0.5) is 0 Å². The smallest absolute Gasteiger partial charge is 0.290 e. The highest BCUT2D eigenvalue weighted by atomic mass is 16.3. The lowest BCUT2D eigenvalue weighted by molar-refractivity contribution is -0.122. The molecule has 0 aromatic rings. The fraction of sp³-hybridized carbons (Fsp3) is 0.364. The van der Waals surface area contributed by atoms with E-state index in [1.54, 1.807) is 0 Å². The minimum Gasteiger partial charge on any atom is -0.483 e. The summed E-state index contributed by atoms with van der Waals surface area (Å²) in [5.74, 6) is 0. The number of carboxylic acid groups (broad SMARTS) is 1. The van der Waals surface area contributed by atoms with Crippen LogP contribution in [-0.2, 0) is 4.79 Å². The summed E-state index contributed by atoms with van der Waals surface area (Å²) in [6.07, 6.45) is 6.78. The van der Waals surface area contributed by atoms with Gasteiger partial charge in [-0.15, -0.1) is 0 Å². The molecule has 0 aromatic carbocycles. The molecule has 0 fully saturated rings. The van der Waals surface area contributed by atoms with Gasteiger partial charge in [-0.3, -0.25) is 4.79 Å². The molecule has 0 rings (SSSR count). The van der Waals surface area contributed by atoms with Gasteiger partial charge in [0.2, 0.25) is 0 Å². The van der Waals surface area contributed by atoms with Crippen LogP contribution in [0, 0.1) is 0 Å². The second kappa shape index (κ2) is 11.6. The summed E-state index contributed by atoms with van der Waals surface area (Å²) in [6, 6.07) is 0. The van der Waals surface area contributed by atoms with E-state index < -0.39 is 0 Å². The summed E-state index contributed by atoms with van der Waals surface area (Å²) < 4.78 is 0. The molecule has 0 aliphatic heterocycles. The predicted molar refractivity (Wildman–Crippen MR) is 58.1 cm³/mol. The summed E-state index contributed by atoms with van der Waals surface area (Å²) in [4.78, 5) is 8.36. The molecule has 0 aliphatic rings. The molecule has 0 saturated heterocycles. The molecule has 0 bridgehead atoms. The Labute approximate surface area is 85.1 Å². The number of carbonyl (C=O) groups is 1. The Morgan fingerprint density at radius 1 is 1.36 bits per heavy atom. The summed E-state index contributed by atoms with van der Waals surface area (Å²) in [5, 5.41) is 15.5. The average molecular weight is 198 g/mol. The van der Waals surface area contributed by atoms with Gasteiger partial charge in [0.25, 0.3) is 6.47 Å². The minimum absolute atomic E-state index is 0.154. The molecule has 0 radical (unpaired) electrons. The van der Waals surface area contributed by atoms with E-state index in [2.05, 4.69) is 12.7 Å². The molecule has 80 valence electrons. The number of hydrogen-bond donors (Lipinski definition) is 2. The first-order valence-corrected chi connectivity index (χ1v) is 4.25. The third-order valence-electron chi connectivity index (χ3n) is 1.48. The lowest BCUT2D eigenvalue weighted by Gasteiger charge is -1.92. The molecular formula is C11H18O3. The van der Waals surface area contributed by atoms with Gasteiger partial charge in [0.05, 0.1) is 6.61 Å². The topological polar surface area (TPSA) is 57.5 Å². The lowest BCUT2D eigenvalue weighted by Crippen LogP contribution is -1.82. The van der Waals surface area contributed by atoms with Gasteiger partial charge in [0, 0.05) is 0 Å². The van der Waals surface area contributed by atoms with Crippen LogP contribution >= 0.6 is 0 Å². The molecule has 0 spiro atoms. The quantitative estimate of drug-likeness (QED) is 0.413. The second-order valence-electron chi connectivity index (χ2n) is 2.70. The van der Waals surface area contributed by atoms with E-state index in [0.717, 1.165) is 12.0 Å². The van der Waals surface area contributed by atoms with Crippen molar-refractivity contribution in [1.29, 1.82) is 0 Å². The first-order valence-electron chi connectivity index (χ1n) is 4.25. The van der Waals surface area contributed by atoms with Crippen molar-refractivity contribution in [2.75, 3.05) is 6.61 Å². The van der Waals surface area contributed by atoms with Crippen molar-refractivity contribution in [3.63, 3.8) is 0 Å². The van der Waals surface area contributed by atoms with Gasteiger partial charge in [-0.05, 0) is 20.3 Å². The molecule has 0 unspecified atom stereocenters. The molecule has 2 N–H and O–H groups in total. The van der Waals surface area contributed by atoms with Gasteiger partial charge >= 0.3 is 0 Å². The molecule has 0 saturated carbocycles. The van der Waals surface area contributed by atoms with Gasteiger partial charge < -0.3 is 10.2 Å². The fourth-order valence-corrected chi connectivity index (χ4v) is 0.594. The van der Waals surface area contributed by atoms with Crippen molar-refractivity contribution in [2.45, 2.75) is 20.3 Å². The Morgan fingerprint density at radius 3 is 2.21 bits per heavy atom. The van der Waals surface area contributed by atoms with Gasteiger partial charge in [0.1, 0.15) is 0 Å². The Kier molecular flexibility index (Phi) is 12.6. The van der Waals surface area contributed by atoms with Crippen molar-refractivity contribution in [2.24, 2.45) is 0 Å². The summed E-state index contributed by atoms with van der Waals surface area (Å²) >= 11 is 0. The van der Waals surface area contributed by atoms with Crippen molar-refractivity contribution in [1.82, 2.24) is 0 Å². The zero-order valence-corrected chi connectivity index (χ0v) is 8.73. The van der Waals surface area contributed by atoms with Crippen molar-refractivity contribution in [3.05, 3.63) is 36.0 Å². The Morgan fingerprint density at radius 2 is 1.86 bits per heavy atom. The van der Waals surface area contributed by atoms with Gasteiger partial charge in [-0.2, -0.15) is 0 Å². The third kappa shape index (κ3) is 13.3. The molecule has 0 atom stereocenters. The van der Waals surface area contributed by atoms with Crippen LogP contribution in [0.15, 0.2) is 36.0 Å². The van der Waals surface area contributed by atoms with E-state index in [-0.39, 0.29) is 13.1 Å². The highest BCUT2D eigenvalue weighted by Gasteiger charge is 1.82. The van der Waals surface area contributed by atoms with Crippen LogP contribution in [-0.4, -0.2) is 23.3 Å².